The first-order valence-corrected chi connectivity index (χ1v) is 9.88. The molecule has 1 amide bonds. The van der Waals surface area contributed by atoms with Crippen LogP contribution in [0.5, 0.6) is 0 Å². The van der Waals surface area contributed by atoms with E-state index in [4.69, 9.17) is 4.74 Å². The molecule has 1 aliphatic heterocycles. The molecule has 5 heteroatoms. The van der Waals surface area contributed by atoms with Gasteiger partial charge in [-0.2, -0.15) is 0 Å². The summed E-state index contributed by atoms with van der Waals surface area (Å²) in [4.78, 5) is 26.6. The zero-order chi connectivity index (χ0) is 16.4. The Morgan fingerprint density at radius 1 is 1.32 bits per heavy atom. The zero-order valence-electron chi connectivity index (χ0n) is 14.0. The Kier molecular flexibility index (Phi) is 5.78. The number of Topliss-reactive ketones (excluding diaryl/α,β-unsaturated/α-hetero) is 1. The number of piperidine rings is 1. The molecule has 1 unspecified atom stereocenters. The summed E-state index contributed by atoms with van der Waals surface area (Å²) in [6, 6.07) is 0. The van der Waals surface area contributed by atoms with Crippen molar-refractivity contribution >= 4 is 34.5 Å². The van der Waals surface area contributed by atoms with Crippen LogP contribution < -0.4 is 0 Å². The van der Waals surface area contributed by atoms with E-state index < -0.39 is 5.60 Å². The summed E-state index contributed by atoms with van der Waals surface area (Å²) >= 11 is 2.38. The fourth-order valence-corrected chi connectivity index (χ4v) is 4.12. The molecule has 0 radical (unpaired) electrons. The molecule has 2 fully saturated rings. The van der Waals surface area contributed by atoms with E-state index in [9.17, 15) is 9.59 Å². The van der Waals surface area contributed by atoms with E-state index in [1.807, 2.05) is 20.8 Å². The summed E-state index contributed by atoms with van der Waals surface area (Å²) in [5.74, 6) is 0.740. The summed E-state index contributed by atoms with van der Waals surface area (Å²) < 4.78 is 6.56. The van der Waals surface area contributed by atoms with Crippen LogP contribution in [0.15, 0.2) is 0 Å². The van der Waals surface area contributed by atoms with Gasteiger partial charge in [0.25, 0.3) is 0 Å². The highest BCUT2D eigenvalue weighted by molar-refractivity contribution is 14.1. The van der Waals surface area contributed by atoms with Crippen molar-refractivity contribution in [3.63, 3.8) is 0 Å². The third kappa shape index (κ3) is 4.15. The minimum atomic E-state index is -0.458. The van der Waals surface area contributed by atoms with Crippen LogP contribution in [0.4, 0.5) is 4.79 Å². The molecule has 2 rings (SSSR count). The molecule has 22 heavy (non-hydrogen) atoms. The lowest BCUT2D eigenvalue weighted by Gasteiger charge is -2.38. The number of nitrogens with zero attached hydrogens (tertiary/aromatic N) is 1. The van der Waals surface area contributed by atoms with Gasteiger partial charge in [-0.25, -0.2) is 4.79 Å². The highest BCUT2D eigenvalue weighted by Crippen LogP contribution is 2.47. The second kappa shape index (κ2) is 7.05. The number of likely N-dealkylation sites (tertiary alicyclic amines) is 1. The van der Waals surface area contributed by atoms with Crippen molar-refractivity contribution in [1.29, 1.82) is 0 Å². The number of carbonyl (C=O) groups is 2. The van der Waals surface area contributed by atoms with E-state index in [1.54, 1.807) is 4.90 Å². The van der Waals surface area contributed by atoms with Gasteiger partial charge in [-0.15, -0.1) is 0 Å². The smallest absolute Gasteiger partial charge is 0.410 e. The van der Waals surface area contributed by atoms with E-state index >= 15 is 0 Å². The van der Waals surface area contributed by atoms with E-state index in [0.29, 0.717) is 18.9 Å². The van der Waals surface area contributed by atoms with Crippen molar-refractivity contribution < 1.29 is 14.3 Å². The van der Waals surface area contributed by atoms with Crippen LogP contribution in [0.1, 0.15) is 59.3 Å². The first-order chi connectivity index (χ1) is 10.3. The number of hydrogen-bond acceptors (Lipinski definition) is 3. The standard InChI is InChI=1S/C17H28INO3/c1-16(2,3)22-15(21)19-11-8-17(9-12-19)7-6-13(14(17)20)5-4-10-18/h13H,4-12H2,1-3H3. The van der Waals surface area contributed by atoms with Gasteiger partial charge in [0, 0.05) is 24.4 Å². The highest BCUT2D eigenvalue weighted by atomic mass is 127. The van der Waals surface area contributed by atoms with Gasteiger partial charge >= 0.3 is 6.09 Å². The van der Waals surface area contributed by atoms with Crippen LogP contribution >= 0.6 is 22.6 Å². The van der Waals surface area contributed by atoms with Gasteiger partial charge in [0.15, 0.2) is 0 Å². The minimum absolute atomic E-state index is 0.144. The summed E-state index contributed by atoms with van der Waals surface area (Å²) in [7, 11) is 0. The van der Waals surface area contributed by atoms with E-state index in [0.717, 1.165) is 43.0 Å². The molecule has 126 valence electrons. The van der Waals surface area contributed by atoms with Crippen molar-refractivity contribution in [3.8, 4) is 0 Å². The van der Waals surface area contributed by atoms with E-state index in [-0.39, 0.29) is 17.4 Å². The zero-order valence-corrected chi connectivity index (χ0v) is 16.1. The predicted molar refractivity (Wildman–Crippen MR) is 95.3 cm³/mol. The summed E-state index contributed by atoms with van der Waals surface area (Å²) in [6.45, 7) is 6.96. The fourth-order valence-electron chi connectivity index (χ4n) is 3.68. The third-order valence-electron chi connectivity index (χ3n) is 4.92. The Labute approximate surface area is 147 Å². The second-order valence-electron chi connectivity index (χ2n) is 7.68. The highest BCUT2D eigenvalue weighted by Gasteiger charge is 2.49. The van der Waals surface area contributed by atoms with Gasteiger partial charge in [0.1, 0.15) is 11.4 Å². The van der Waals surface area contributed by atoms with Gasteiger partial charge in [-0.1, -0.05) is 22.6 Å². The molecule has 0 bridgehead atoms. The number of halogens is 1. The molecule has 2 aliphatic rings. The first kappa shape index (κ1) is 18.0. The Hall–Kier alpha value is -0.330. The summed E-state index contributed by atoms with van der Waals surface area (Å²) in [6.07, 6.45) is 5.62. The normalized spacial score (nSPS) is 24.8. The van der Waals surface area contributed by atoms with Crippen molar-refractivity contribution in [2.75, 3.05) is 17.5 Å². The molecule has 1 spiro atoms. The lowest BCUT2D eigenvalue weighted by Crippen LogP contribution is -2.47. The molecule has 4 nitrogen and oxygen atoms in total. The molecular formula is C17H28INO3. The van der Waals surface area contributed by atoms with Crippen molar-refractivity contribution in [2.45, 2.75) is 64.9 Å². The molecule has 1 saturated heterocycles. The van der Waals surface area contributed by atoms with Gasteiger partial charge in [0.05, 0.1) is 0 Å². The Morgan fingerprint density at radius 3 is 2.50 bits per heavy atom. The van der Waals surface area contributed by atoms with Crippen molar-refractivity contribution in [2.24, 2.45) is 11.3 Å². The maximum Gasteiger partial charge on any atom is 0.410 e. The average Bonchev–Trinajstić information content (AvgIpc) is 2.73. The van der Waals surface area contributed by atoms with Crippen molar-refractivity contribution in [3.05, 3.63) is 0 Å². The quantitative estimate of drug-likeness (QED) is 0.507. The molecule has 1 aliphatic carbocycles. The first-order valence-electron chi connectivity index (χ1n) is 8.36. The maximum absolute atomic E-state index is 12.8. The molecule has 1 atom stereocenters. The van der Waals surface area contributed by atoms with Crippen LogP contribution in [0, 0.1) is 11.3 Å². The number of ether oxygens (including phenoxy) is 1. The number of alkyl halides is 1. The Bertz CT molecular complexity index is 422. The number of amides is 1. The van der Waals surface area contributed by atoms with Gasteiger partial charge in [-0.3, -0.25) is 4.79 Å². The Balaban J connectivity index is 1.89. The molecule has 0 N–H and O–H groups in total. The molecule has 0 aromatic rings. The SMILES string of the molecule is CC(C)(C)OC(=O)N1CCC2(CCC(CCCI)C2=O)CC1. The van der Waals surface area contributed by atoms with Crippen LogP contribution in [-0.4, -0.2) is 39.9 Å². The van der Waals surface area contributed by atoms with Gasteiger partial charge in [-0.05, 0) is 63.7 Å². The summed E-state index contributed by atoms with van der Waals surface area (Å²) in [5.41, 5.74) is -0.603. The van der Waals surface area contributed by atoms with Crippen molar-refractivity contribution in [1.82, 2.24) is 4.90 Å². The molecule has 1 heterocycles. The topological polar surface area (TPSA) is 46.6 Å². The molecule has 0 aromatic carbocycles. The monoisotopic (exact) mass is 421 g/mol. The van der Waals surface area contributed by atoms with Crippen LogP contribution in [0.2, 0.25) is 0 Å². The summed E-state index contributed by atoms with van der Waals surface area (Å²) in [5, 5.41) is 0. The van der Waals surface area contributed by atoms with Crippen LogP contribution in [0.25, 0.3) is 0 Å². The number of carbonyl (C=O) groups excluding carboxylic acids is 2. The number of hydrogen-bond donors (Lipinski definition) is 0. The van der Waals surface area contributed by atoms with Crippen LogP contribution in [-0.2, 0) is 9.53 Å². The minimum Gasteiger partial charge on any atom is -0.444 e. The molecule has 1 saturated carbocycles. The largest absolute Gasteiger partial charge is 0.444 e. The average molecular weight is 421 g/mol. The van der Waals surface area contributed by atoms with Gasteiger partial charge < -0.3 is 9.64 Å². The van der Waals surface area contributed by atoms with E-state index in [1.165, 1.54) is 0 Å². The maximum atomic E-state index is 12.8. The molecule has 0 aromatic heterocycles. The van der Waals surface area contributed by atoms with E-state index in [2.05, 4.69) is 22.6 Å². The lowest BCUT2D eigenvalue weighted by molar-refractivity contribution is -0.131. The second-order valence-corrected chi connectivity index (χ2v) is 8.76. The predicted octanol–water partition coefficient (Wildman–Crippen LogP) is 4.20. The molecular weight excluding hydrogens is 393 g/mol. The van der Waals surface area contributed by atoms with Gasteiger partial charge in [0.2, 0.25) is 0 Å². The number of rotatable bonds is 3. The fraction of sp³-hybridized carbons (Fsp3) is 0.882. The Morgan fingerprint density at radius 2 is 1.95 bits per heavy atom. The van der Waals surface area contributed by atoms with Crippen LogP contribution in [0.3, 0.4) is 0 Å². The third-order valence-corrected chi connectivity index (χ3v) is 5.69. The number of ketones is 1. The lowest BCUT2D eigenvalue weighted by atomic mass is 9.75.